The van der Waals surface area contributed by atoms with Crippen molar-refractivity contribution in [2.75, 3.05) is 14.2 Å². The first-order chi connectivity index (χ1) is 9.49. The van der Waals surface area contributed by atoms with E-state index < -0.39 is 17.9 Å². The van der Waals surface area contributed by atoms with Gasteiger partial charge in [-0.2, -0.15) is 0 Å². The zero-order valence-electron chi connectivity index (χ0n) is 10.7. The van der Waals surface area contributed by atoms with Gasteiger partial charge in [-0.3, -0.25) is 4.79 Å². The van der Waals surface area contributed by atoms with E-state index in [0.29, 0.717) is 5.02 Å². The molecule has 0 spiro atoms. The summed E-state index contributed by atoms with van der Waals surface area (Å²) in [5, 5.41) is 6.41. The molecule has 1 N–H and O–H groups in total. The zero-order chi connectivity index (χ0) is 15.1. The molecular formula is C12H12Cl2N2O4. The van der Waals surface area contributed by atoms with Crippen molar-refractivity contribution in [1.82, 2.24) is 5.32 Å². The molecule has 1 aromatic rings. The number of hydrogen-bond acceptors (Lipinski definition) is 5. The van der Waals surface area contributed by atoms with Crippen molar-refractivity contribution in [3.05, 3.63) is 33.8 Å². The predicted octanol–water partition coefficient (Wildman–Crippen LogP) is 1.90. The van der Waals surface area contributed by atoms with E-state index in [4.69, 9.17) is 23.2 Å². The van der Waals surface area contributed by atoms with Crippen LogP contribution in [0.3, 0.4) is 0 Å². The van der Waals surface area contributed by atoms with Crippen molar-refractivity contribution < 1.29 is 19.2 Å². The summed E-state index contributed by atoms with van der Waals surface area (Å²) in [6.07, 6.45) is 1.10. The molecule has 6 nitrogen and oxygen atoms in total. The number of carbonyl (C=O) groups is 2. The molecule has 20 heavy (non-hydrogen) atoms. The van der Waals surface area contributed by atoms with E-state index in [-0.39, 0.29) is 10.6 Å². The van der Waals surface area contributed by atoms with Crippen molar-refractivity contribution in [1.29, 1.82) is 0 Å². The molecule has 1 amide bonds. The number of benzene rings is 1. The highest BCUT2D eigenvalue weighted by molar-refractivity contribution is 6.36. The number of rotatable bonds is 5. The first kappa shape index (κ1) is 16.3. The van der Waals surface area contributed by atoms with E-state index >= 15 is 0 Å². The number of nitrogens with one attached hydrogen (secondary N) is 1. The Bertz CT molecular complexity index is 534. The molecule has 0 bridgehead atoms. The van der Waals surface area contributed by atoms with E-state index in [9.17, 15) is 9.59 Å². The molecule has 0 aliphatic rings. The van der Waals surface area contributed by atoms with E-state index in [0.717, 1.165) is 6.21 Å². The van der Waals surface area contributed by atoms with Crippen LogP contribution in [0.1, 0.15) is 10.4 Å². The number of hydrogen-bond donors (Lipinski definition) is 1. The fourth-order valence-corrected chi connectivity index (χ4v) is 1.79. The molecule has 0 aliphatic heterocycles. The molecule has 0 heterocycles. The van der Waals surface area contributed by atoms with Gasteiger partial charge in [0, 0.05) is 5.02 Å². The number of oxime groups is 1. The molecule has 0 aliphatic carbocycles. The van der Waals surface area contributed by atoms with Gasteiger partial charge in [0.1, 0.15) is 7.11 Å². The van der Waals surface area contributed by atoms with E-state index in [1.807, 2.05) is 0 Å². The van der Waals surface area contributed by atoms with Crippen molar-refractivity contribution >= 4 is 41.3 Å². The summed E-state index contributed by atoms with van der Waals surface area (Å²) in [5.41, 5.74) is 0.177. The second kappa shape index (κ2) is 7.72. The number of ether oxygens (including phenoxy) is 1. The average Bonchev–Trinajstić information content (AvgIpc) is 2.42. The predicted molar refractivity (Wildman–Crippen MR) is 75.2 cm³/mol. The topological polar surface area (TPSA) is 77.0 Å². The third kappa shape index (κ3) is 4.40. The summed E-state index contributed by atoms with van der Waals surface area (Å²) >= 11 is 11.6. The van der Waals surface area contributed by atoms with Crippen molar-refractivity contribution in [2.24, 2.45) is 5.16 Å². The Morgan fingerprint density at radius 1 is 1.35 bits per heavy atom. The Kier molecular flexibility index (Phi) is 6.27. The standard InChI is InChI=1S/C12H12Cl2N2O4/c1-19-12(18)10(6-15-20-2)16-11(17)8-4-3-7(13)5-9(8)14/h3-6,10H,1-2H3,(H,16,17)/b15-6-/t10-/m1/s1. The minimum atomic E-state index is -1.08. The van der Waals surface area contributed by atoms with Crippen LogP contribution >= 0.6 is 23.2 Å². The lowest BCUT2D eigenvalue weighted by Gasteiger charge is -2.12. The summed E-state index contributed by atoms with van der Waals surface area (Å²) in [4.78, 5) is 28.0. The minimum Gasteiger partial charge on any atom is -0.467 e. The third-order valence-corrected chi connectivity index (χ3v) is 2.78. The SMILES string of the molecule is CO/N=C\[C@@H](NC(=O)c1ccc(Cl)cc1Cl)C(=O)OC. The molecule has 1 atom stereocenters. The maximum absolute atomic E-state index is 12.0. The Labute approximate surface area is 125 Å². The van der Waals surface area contributed by atoms with Gasteiger partial charge >= 0.3 is 5.97 Å². The molecule has 0 fully saturated rings. The van der Waals surface area contributed by atoms with Crippen LogP contribution in [0, 0.1) is 0 Å². The fourth-order valence-electron chi connectivity index (χ4n) is 1.30. The van der Waals surface area contributed by atoms with Gasteiger partial charge in [-0.25, -0.2) is 4.79 Å². The molecular weight excluding hydrogens is 307 g/mol. The Balaban J connectivity index is 2.90. The minimum absolute atomic E-state index is 0.169. The summed E-state index contributed by atoms with van der Waals surface area (Å²) < 4.78 is 4.54. The maximum Gasteiger partial charge on any atom is 0.334 e. The second-order valence-corrected chi connectivity index (χ2v) is 4.38. The van der Waals surface area contributed by atoms with Crippen LogP contribution in [0.5, 0.6) is 0 Å². The van der Waals surface area contributed by atoms with E-state index in [2.05, 4.69) is 20.0 Å². The van der Waals surface area contributed by atoms with Gasteiger partial charge in [0.05, 0.1) is 23.9 Å². The third-order valence-electron chi connectivity index (χ3n) is 2.23. The highest BCUT2D eigenvalue weighted by Gasteiger charge is 2.21. The lowest BCUT2D eigenvalue weighted by Crippen LogP contribution is -2.42. The van der Waals surface area contributed by atoms with Crippen LogP contribution in [0.25, 0.3) is 0 Å². The van der Waals surface area contributed by atoms with Crippen LogP contribution in [0.2, 0.25) is 10.0 Å². The molecule has 0 aromatic heterocycles. The smallest absolute Gasteiger partial charge is 0.334 e. The van der Waals surface area contributed by atoms with Crippen molar-refractivity contribution in [3.8, 4) is 0 Å². The monoisotopic (exact) mass is 318 g/mol. The number of esters is 1. The summed E-state index contributed by atoms with van der Waals surface area (Å²) in [7, 11) is 2.50. The van der Waals surface area contributed by atoms with Gasteiger partial charge in [-0.05, 0) is 18.2 Å². The Morgan fingerprint density at radius 3 is 2.60 bits per heavy atom. The number of methoxy groups -OCH3 is 1. The number of amides is 1. The molecule has 0 saturated carbocycles. The lowest BCUT2D eigenvalue weighted by atomic mass is 10.2. The highest BCUT2D eigenvalue weighted by atomic mass is 35.5. The molecule has 1 rings (SSSR count). The Hall–Kier alpha value is -1.79. The van der Waals surface area contributed by atoms with Gasteiger partial charge in [-0.15, -0.1) is 0 Å². The molecule has 0 radical (unpaired) electrons. The van der Waals surface area contributed by atoms with Gasteiger partial charge < -0.3 is 14.9 Å². The normalized spacial score (nSPS) is 12.0. The number of nitrogens with zero attached hydrogens (tertiary/aromatic N) is 1. The summed E-state index contributed by atoms with van der Waals surface area (Å²) in [6, 6.07) is 3.30. The molecule has 8 heteroatoms. The second-order valence-electron chi connectivity index (χ2n) is 3.54. The van der Waals surface area contributed by atoms with Gasteiger partial charge in [0.2, 0.25) is 0 Å². The Morgan fingerprint density at radius 2 is 2.05 bits per heavy atom. The van der Waals surface area contributed by atoms with E-state index in [1.54, 1.807) is 0 Å². The first-order valence-corrected chi connectivity index (χ1v) is 6.15. The van der Waals surface area contributed by atoms with E-state index in [1.165, 1.54) is 32.4 Å². The average molecular weight is 319 g/mol. The van der Waals surface area contributed by atoms with Crippen LogP contribution in [0.4, 0.5) is 0 Å². The molecule has 0 saturated heterocycles. The van der Waals surface area contributed by atoms with Crippen LogP contribution in [-0.2, 0) is 14.4 Å². The van der Waals surface area contributed by atoms with Crippen LogP contribution in [0.15, 0.2) is 23.4 Å². The number of carbonyl (C=O) groups excluding carboxylic acids is 2. The number of halogens is 2. The molecule has 108 valence electrons. The van der Waals surface area contributed by atoms with Gasteiger partial charge in [0.15, 0.2) is 6.04 Å². The van der Waals surface area contributed by atoms with Gasteiger partial charge in [0.25, 0.3) is 5.91 Å². The summed E-state index contributed by atoms with van der Waals surface area (Å²) in [5.74, 6) is -1.26. The lowest BCUT2D eigenvalue weighted by molar-refractivity contribution is -0.140. The first-order valence-electron chi connectivity index (χ1n) is 5.40. The maximum atomic E-state index is 12.0. The highest BCUT2D eigenvalue weighted by Crippen LogP contribution is 2.20. The van der Waals surface area contributed by atoms with Crippen LogP contribution < -0.4 is 5.32 Å². The molecule has 1 aromatic carbocycles. The van der Waals surface area contributed by atoms with Crippen LogP contribution in [-0.4, -0.2) is 38.4 Å². The fraction of sp³-hybridized carbons (Fsp3) is 0.250. The zero-order valence-corrected chi connectivity index (χ0v) is 12.2. The quantitative estimate of drug-likeness (QED) is 0.511. The van der Waals surface area contributed by atoms with Crippen molar-refractivity contribution in [2.45, 2.75) is 6.04 Å². The van der Waals surface area contributed by atoms with Crippen molar-refractivity contribution in [3.63, 3.8) is 0 Å². The molecule has 0 unspecified atom stereocenters. The summed E-state index contributed by atoms with van der Waals surface area (Å²) in [6.45, 7) is 0. The largest absolute Gasteiger partial charge is 0.467 e. The van der Waals surface area contributed by atoms with Gasteiger partial charge in [-0.1, -0.05) is 28.4 Å².